The first-order chi connectivity index (χ1) is 14.4. The summed E-state index contributed by atoms with van der Waals surface area (Å²) < 4.78 is 32.7. The number of nitrogens with zero attached hydrogens (tertiary/aromatic N) is 1. The van der Waals surface area contributed by atoms with Gasteiger partial charge in [-0.1, -0.05) is 18.5 Å². The third-order valence-electron chi connectivity index (χ3n) is 4.33. The van der Waals surface area contributed by atoms with Gasteiger partial charge in [-0.2, -0.15) is 0 Å². The highest BCUT2D eigenvalue weighted by molar-refractivity contribution is 7.89. The molecule has 0 saturated heterocycles. The van der Waals surface area contributed by atoms with Crippen LogP contribution in [0, 0.1) is 0 Å². The van der Waals surface area contributed by atoms with Crippen LogP contribution >= 0.6 is 11.6 Å². The highest BCUT2D eigenvalue weighted by Gasteiger charge is 2.31. The van der Waals surface area contributed by atoms with Gasteiger partial charge in [0.15, 0.2) is 0 Å². The first-order valence-electron chi connectivity index (χ1n) is 9.82. The molecule has 1 atom stereocenters. The molecule has 2 amide bonds. The van der Waals surface area contributed by atoms with Gasteiger partial charge < -0.3 is 14.6 Å². The predicted octanol–water partition coefficient (Wildman–Crippen LogP) is 2.93. The van der Waals surface area contributed by atoms with E-state index in [0.717, 1.165) is 0 Å². The lowest BCUT2D eigenvalue weighted by Gasteiger charge is -2.32. The van der Waals surface area contributed by atoms with Crippen LogP contribution in [0.3, 0.4) is 0 Å². The van der Waals surface area contributed by atoms with Gasteiger partial charge in [0.2, 0.25) is 21.8 Å². The summed E-state index contributed by atoms with van der Waals surface area (Å²) in [6.45, 7) is 6.84. The van der Waals surface area contributed by atoms with Gasteiger partial charge >= 0.3 is 0 Å². The number of amides is 2. The number of hydrogen-bond donors (Lipinski definition) is 2. The second-order valence-electron chi connectivity index (χ2n) is 8.04. The number of sulfonamides is 1. The third kappa shape index (κ3) is 7.37. The van der Waals surface area contributed by atoms with Gasteiger partial charge in [0.05, 0.1) is 24.2 Å². The fraction of sp³-hybridized carbons (Fsp3) is 0.429. The third-order valence-corrected chi connectivity index (χ3v) is 6.00. The molecular weight excluding hydrogens is 442 g/mol. The zero-order valence-electron chi connectivity index (χ0n) is 18.0. The molecule has 2 N–H and O–H groups in total. The molecule has 2 rings (SSSR count). The van der Waals surface area contributed by atoms with Crippen LogP contribution in [-0.2, 0) is 26.2 Å². The monoisotopic (exact) mass is 469 g/mol. The second kappa shape index (κ2) is 10.3. The quantitative estimate of drug-likeness (QED) is 0.586. The summed E-state index contributed by atoms with van der Waals surface area (Å²) in [7, 11) is -3.93. The SMILES string of the molecule is CCC(C(=O)NC(C)(C)C)N(Cc1ccco1)C(=O)CNS(=O)(=O)c1ccc(Cl)cc1. The topological polar surface area (TPSA) is 109 Å². The van der Waals surface area contributed by atoms with Crippen molar-refractivity contribution >= 4 is 33.4 Å². The van der Waals surface area contributed by atoms with Crippen molar-refractivity contribution in [2.45, 2.75) is 57.1 Å². The average molecular weight is 470 g/mol. The number of halogens is 1. The van der Waals surface area contributed by atoms with Crippen LogP contribution in [0.4, 0.5) is 0 Å². The fourth-order valence-electron chi connectivity index (χ4n) is 2.90. The van der Waals surface area contributed by atoms with Crippen molar-refractivity contribution in [3.8, 4) is 0 Å². The van der Waals surface area contributed by atoms with E-state index in [1.54, 1.807) is 19.1 Å². The van der Waals surface area contributed by atoms with Crippen molar-refractivity contribution in [3.63, 3.8) is 0 Å². The Kier molecular flexibility index (Phi) is 8.27. The minimum absolute atomic E-state index is 0.0141. The van der Waals surface area contributed by atoms with Gasteiger partial charge in [-0.15, -0.1) is 0 Å². The molecule has 0 saturated carbocycles. The number of furan rings is 1. The molecule has 1 heterocycles. The molecule has 0 aliphatic carbocycles. The molecule has 0 aliphatic rings. The minimum atomic E-state index is -3.93. The first kappa shape index (κ1) is 24.9. The molecule has 31 heavy (non-hydrogen) atoms. The summed E-state index contributed by atoms with van der Waals surface area (Å²) in [6, 6.07) is 8.17. The van der Waals surface area contributed by atoms with Crippen LogP contribution < -0.4 is 10.0 Å². The lowest BCUT2D eigenvalue weighted by molar-refractivity contribution is -0.141. The Morgan fingerprint density at radius 3 is 2.32 bits per heavy atom. The maximum atomic E-state index is 13.0. The summed E-state index contributed by atoms with van der Waals surface area (Å²) in [5, 5.41) is 3.27. The molecule has 8 nitrogen and oxygen atoms in total. The molecule has 1 unspecified atom stereocenters. The van der Waals surface area contributed by atoms with E-state index in [1.165, 1.54) is 35.4 Å². The van der Waals surface area contributed by atoms with E-state index < -0.39 is 34.1 Å². The van der Waals surface area contributed by atoms with Crippen molar-refractivity contribution in [1.82, 2.24) is 14.9 Å². The van der Waals surface area contributed by atoms with Crippen molar-refractivity contribution in [1.29, 1.82) is 0 Å². The molecule has 0 aliphatic heterocycles. The van der Waals surface area contributed by atoms with Crippen molar-refractivity contribution in [3.05, 3.63) is 53.4 Å². The molecule has 0 bridgehead atoms. The Hall–Kier alpha value is -2.36. The Morgan fingerprint density at radius 2 is 1.81 bits per heavy atom. The minimum Gasteiger partial charge on any atom is -0.467 e. The van der Waals surface area contributed by atoms with E-state index >= 15 is 0 Å². The predicted molar refractivity (Wildman–Crippen MR) is 118 cm³/mol. The summed E-state index contributed by atoms with van der Waals surface area (Å²) in [5.41, 5.74) is -0.486. The molecule has 0 radical (unpaired) electrons. The Morgan fingerprint density at radius 1 is 1.16 bits per heavy atom. The molecule has 2 aromatic rings. The maximum Gasteiger partial charge on any atom is 0.243 e. The zero-order valence-corrected chi connectivity index (χ0v) is 19.6. The van der Waals surface area contributed by atoms with Crippen LogP contribution in [0.25, 0.3) is 0 Å². The number of carbonyl (C=O) groups excluding carboxylic acids is 2. The lowest BCUT2D eigenvalue weighted by atomic mass is 10.1. The van der Waals surface area contributed by atoms with Crippen molar-refractivity contribution < 1.29 is 22.4 Å². The maximum absolute atomic E-state index is 13.0. The Labute approximate surface area is 188 Å². The van der Waals surface area contributed by atoms with E-state index in [-0.39, 0.29) is 17.3 Å². The molecule has 10 heteroatoms. The number of nitrogens with one attached hydrogen (secondary N) is 2. The molecule has 0 fully saturated rings. The summed E-state index contributed by atoms with van der Waals surface area (Å²) in [5.74, 6) is -0.392. The normalized spacial score (nSPS) is 12.9. The van der Waals surface area contributed by atoms with Crippen LogP contribution in [0.2, 0.25) is 5.02 Å². The highest BCUT2D eigenvalue weighted by atomic mass is 35.5. The number of carbonyl (C=O) groups is 2. The standard InChI is InChI=1S/C21H28ClN3O5S/c1-5-18(20(27)24-21(2,3)4)25(14-16-7-6-12-30-16)19(26)13-23-31(28,29)17-10-8-15(22)9-11-17/h6-12,18,23H,5,13-14H2,1-4H3,(H,24,27). The molecule has 1 aromatic heterocycles. The van der Waals surface area contributed by atoms with E-state index in [2.05, 4.69) is 10.0 Å². The van der Waals surface area contributed by atoms with Crippen molar-refractivity contribution in [2.75, 3.05) is 6.54 Å². The molecule has 1 aromatic carbocycles. The van der Waals surface area contributed by atoms with Gasteiger partial charge in [0.1, 0.15) is 11.8 Å². The Bertz CT molecular complexity index is 983. The van der Waals surface area contributed by atoms with Gasteiger partial charge in [0, 0.05) is 10.6 Å². The molecular formula is C21H28ClN3O5S. The number of hydrogen-bond acceptors (Lipinski definition) is 5. The van der Waals surface area contributed by atoms with E-state index in [4.69, 9.17) is 16.0 Å². The highest BCUT2D eigenvalue weighted by Crippen LogP contribution is 2.16. The molecule has 170 valence electrons. The lowest BCUT2D eigenvalue weighted by Crippen LogP contribution is -2.54. The van der Waals surface area contributed by atoms with Gasteiger partial charge in [-0.05, 0) is 63.6 Å². The second-order valence-corrected chi connectivity index (χ2v) is 10.2. The van der Waals surface area contributed by atoms with Crippen LogP contribution in [0.5, 0.6) is 0 Å². The smallest absolute Gasteiger partial charge is 0.243 e. The van der Waals surface area contributed by atoms with E-state index in [9.17, 15) is 18.0 Å². The zero-order chi connectivity index (χ0) is 23.2. The fourth-order valence-corrected chi connectivity index (χ4v) is 4.00. The van der Waals surface area contributed by atoms with Gasteiger partial charge in [-0.25, -0.2) is 13.1 Å². The molecule has 0 spiro atoms. The van der Waals surface area contributed by atoms with Crippen LogP contribution in [-0.4, -0.2) is 43.3 Å². The first-order valence-corrected chi connectivity index (χ1v) is 11.7. The van der Waals surface area contributed by atoms with Crippen molar-refractivity contribution in [2.24, 2.45) is 0 Å². The van der Waals surface area contributed by atoms with Gasteiger partial charge in [-0.3, -0.25) is 9.59 Å². The number of benzene rings is 1. The number of rotatable bonds is 9. The summed E-state index contributed by atoms with van der Waals surface area (Å²) >= 11 is 5.80. The Balaban J connectivity index is 2.21. The summed E-state index contributed by atoms with van der Waals surface area (Å²) in [6.07, 6.45) is 1.82. The van der Waals surface area contributed by atoms with Gasteiger partial charge in [0.25, 0.3) is 0 Å². The van der Waals surface area contributed by atoms with E-state index in [1.807, 2.05) is 20.8 Å². The summed E-state index contributed by atoms with van der Waals surface area (Å²) in [4.78, 5) is 27.2. The van der Waals surface area contributed by atoms with Crippen LogP contribution in [0.15, 0.2) is 52.0 Å². The average Bonchev–Trinajstić information content (AvgIpc) is 3.18. The largest absolute Gasteiger partial charge is 0.467 e. The van der Waals surface area contributed by atoms with E-state index in [0.29, 0.717) is 17.2 Å². The van der Waals surface area contributed by atoms with Crippen LogP contribution in [0.1, 0.15) is 39.9 Å².